The highest BCUT2D eigenvalue weighted by Gasteiger charge is 2.42. The quantitative estimate of drug-likeness (QED) is 0.883. The zero-order valence-corrected chi connectivity index (χ0v) is 15.7. The number of aromatic nitrogens is 3. The Morgan fingerprint density at radius 2 is 1.88 bits per heavy atom. The predicted octanol–water partition coefficient (Wildman–Crippen LogP) is 1.75. The van der Waals surface area contributed by atoms with Crippen molar-refractivity contribution < 1.29 is 4.79 Å². The highest BCUT2D eigenvalue weighted by molar-refractivity contribution is 5.87. The fraction of sp³-hybridized carbons (Fsp3) is 0.526. The van der Waals surface area contributed by atoms with Gasteiger partial charge in [-0.05, 0) is 31.2 Å². The number of halogens is 1. The first-order chi connectivity index (χ1) is 12.1. The van der Waals surface area contributed by atoms with E-state index < -0.39 is 5.54 Å². The van der Waals surface area contributed by atoms with Crippen molar-refractivity contribution in [3.63, 3.8) is 0 Å². The second-order valence-electron chi connectivity index (χ2n) is 7.20. The van der Waals surface area contributed by atoms with Gasteiger partial charge in [0.15, 0.2) is 5.82 Å². The zero-order chi connectivity index (χ0) is 17.3. The lowest BCUT2D eigenvalue weighted by molar-refractivity contribution is -0.140. The molecule has 2 aromatic rings. The Morgan fingerprint density at radius 3 is 2.58 bits per heavy atom. The van der Waals surface area contributed by atoms with E-state index in [1.165, 1.54) is 5.56 Å². The summed E-state index contributed by atoms with van der Waals surface area (Å²) in [5.41, 5.74) is 6.89. The lowest BCUT2D eigenvalue weighted by Gasteiger charge is -2.40. The molecule has 6 nitrogen and oxygen atoms in total. The Labute approximate surface area is 160 Å². The van der Waals surface area contributed by atoms with E-state index in [1.54, 1.807) is 0 Å². The fourth-order valence-electron chi connectivity index (χ4n) is 3.65. The minimum atomic E-state index is -0.610. The molecule has 2 heterocycles. The lowest BCUT2D eigenvalue weighted by atomic mass is 9.76. The van der Waals surface area contributed by atoms with E-state index in [2.05, 4.69) is 29.4 Å². The Kier molecular flexibility index (Phi) is 5.63. The summed E-state index contributed by atoms with van der Waals surface area (Å²) in [6.07, 6.45) is 5.23. The molecule has 0 spiro atoms. The second-order valence-corrected chi connectivity index (χ2v) is 7.20. The van der Waals surface area contributed by atoms with Gasteiger partial charge >= 0.3 is 0 Å². The number of hydrogen-bond acceptors (Lipinski definition) is 4. The number of amides is 1. The van der Waals surface area contributed by atoms with Crippen molar-refractivity contribution in [2.24, 2.45) is 5.73 Å². The molecule has 2 aliphatic rings. The summed E-state index contributed by atoms with van der Waals surface area (Å²) in [5.74, 6) is 1.99. The maximum Gasteiger partial charge on any atom is 0.242 e. The third-order valence-electron chi connectivity index (χ3n) is 5.42. The summed E-state index contributed by atoms with van der Waals surface area (Å²) >= 11 is 0. The van der Waals surface area contributed by atoms with Gasteiger partial charge in [0.05, 0.1) is 12.1 Å². The highest BCUT2D eigenvalue weighted by Crippen LogP contribution is 2.31. The number of nitrogens with two attached hydrogens (primary N) is 1. The van der Waals surface area contributed by atoms with Crippen molar-refractivity contribution in [1.29, 1.82) is 0 Å². The minimum absolute atomic E-state index is 0. The van der Waals surface area contributed by atoms with Gasteiger partial charge in [0.2, 0.25) is 5.91 Å². The van der Waals surface area contributed by atoms with Crippen molar-refractivity contribution in [2.75, 3.05) is 13.1 Å². The summed E-state index contributed by atoms with van der Waals surface area (Å²) in [4.78, 5) is 19.2. The van der Waals surface area contributed by atoms with E-state index in [4.69, 9.17) is 10.7 Å². The first-order valence-corrected chi connectivity index (χ1v) is 9.19. The Balaban J connectivity index is 0.00000196. The van der Waals surface area contributed by atoms with E-state index in [-0.39, 0.29) is 18.3 Å². The van der Waals surface area contributed by atoms with Crippen molar-refractivity contribution in [3.05, 3.63) is 47.5 Å². The van der Waals surface area contributed by atoms with E-state index >= 15 is 0 Å². The fourth-order valence-corrected chi connectivity index (χ4v) is 3.65. The van der Waals surface area contributed by atoms with Gasteiger partial charge < -0.3 is 10.6 Å². The Morgan fingerprint density at radius 1 is 1.12 bits per heavy atom. The maximum absolute atomic E-state index is 12.6. The van der Waals surface area contributed by atoms with E-state index in [9.17, 15) is 4.79 Å². The molecule has 140 valence electrons. The number of carbonyl (C=O) groups excluding carboxylic acids is 1. The summed E-state index contributed by atoms with van der Waals surface area (Å²) in [5, 5.41) is 4.65. The molecule has 0 saturated heterocycles. The Bertz CT molecular complexity index is 731. The summed E-state index contributed by atoms with van der Waals surface area (Å²) in [7, 11) is 0. The summed E-state index contributed by atoms with van der Waals surface area (Å²) < 4.78 is 1.97. The molecule has 1 aromatic heterocycles. The van der Waals surface area contributed by atoms with Crippen LogP contribution in [0.4, 0.5) is 0 Å². The molecule has 26 heavy (non-hydrogen) atoms. The van der Waals surface area contributed by atoms with Gasteiger partial charge in [0.1, 0.15) is 5.82 Å². The van der Waals surface area contributed by atoms with Crippen LogP contribution in [0.5, 0.6) is 0 Å². The van der Waals surface area contributed by atoms with Crippen LogP contribution >= 0.6 is 12.4 Å². The minimum Gasteiger partial charge on any atom is -0.339 e. The van der Waals surface area contributed by atoms with Crippen LogP contribution < -0.4 is 5.73 Å². The van der Waals surface area contributed by atoms with Crippen LogP contribution in [-0.4, -0.2) is 44.2 Å². The topological polar surface area (TPSA) is 77.0 Å². The standard InChI is InChI=1S/C19H25N5O.ClH/c20-19(10-4-11-19)18(25)23-12-9-17-21-16(22-24(17)14-13-23)8-7-15-5-2-1-3-6-15;/h1-3,5-6H,4,7-14,20H2;1H. The summed E-state index contributed by atoms with van der Waals surface area (Å²) in [6, 6.07) is 10.4. The molecule has 2 N–H and O–H groups in total. The molecule has 7 heteroatoms. The monoisotopic (exact) mass is 375 g/mol. The molecule has 1 aromatic carbocycles. The van der Waals surface area contributed by atoms with Gasteiger partial charge in [-0.3, -0.25) is 4.79 Å². The molecule has 4 rings (SSSR count). The first-order valence-electron chi connectivity index (χ1n) is 9.19. The van der Waals surface area contributed by atoms with Crippen LogP contribution in [0.15, 0.2) is 30.3 Å². The predicted molar refractivity (Wildman–Crippen MR) is 102 cm³/mol. The number of hydrogen-bond donors (Lipinski definition) is 1. The van der Waals surface area contributed by atoms with Gasteiger partial charge in [-0.15, -0.1) is 12.4 Å². The highest BCUT2D eigenvalue weighted by atomic mass is 35.5. The van der Waals surface area contributed by atoms with E-state index in [0.717, 1.165) is 50.2 Å². The van der Waals surface area contributed by atoms with Gasteiger partial charge in [0, 0.05) is 25.9 Å². The number of fused-ring (bicyclic) bond motifs is 1. The molecule has 0 radical (unpaired) electrons. The van der Waals surface area contributed by atoms with Gasteiger partial charge in [-0.2, -0.15) is 5.10 Å². The van der Waals surface area contributed by atoms with Crippen molar-refractivity contribution in [2.45, 2.75) is 50.6 Å². The van der Waals surface area contributed by atoms with Crippen LogP contribution in [0.25, 0.3) is 0 Å². The largest absolute Gasteiger partial charge is 0.339 e. The van der Waals surface area contributed by atoms with Crippen LogP contribution in [0.3, 0.4) is 0 Å². The number of benzene rings is 1. The van der Waals surface area contributed by atoms with Gasteiger partial charge in [0.25, 0.3) is 0 Å². The van der Waals surface area contributed by atoms with Crippen LogP contribution in [-0.2, 0) is 30.6 Å². The molecule has 0 bridgehead atoms. The van der Waals surface area contributed by atoms with E-state index in [0.29, 0.717) is 19.6 Å². The maximum atomic E-state index is 12.6. The molecule has 1 amide bonds. The average Bonchev–Trinajstić information content (AvgIpc) is 2.90. The molecule has 1 fully saturated rings. The van der Waals surface area contributed by atoms with Crippen LogP contribution in [0.2, 0.25) is 0 Å². The van der Waals surface area contributed by atoms with Crippen LogP contribution in [0, 0.1) is 0 Å². The third-order valence-corrected chi connectivity index (χ3v) is 5.42. The SMILES string of the molecule is Cl.NC1(C(=O)N2CCc3nc(CCc4ccccc4)nn3CC2)CCC1. The van der Waals surface area contributed by atoms with Crippen molar-refractivity contribution in [1.82, 2.24) is 19.7 Å². The summed E-state index contributed by atoms with van der Waals surface area (Å²) in [6.45, 7) is 2.07. The smallest absolute Gasteiger partial charge is 0.242 e. The first kappa shape index (κ1) is 18.9. The molecule has 0 atom stereocenters. The van der Waals surface area contributed by atoms with Crippen molar-refractivity contribution in [3.8, 4) is 0 Å². The molecule has 1 saturated carbocycles. The number of carbonyl (C=O) groups is 1. The van der Waals surface area contributed by atoms with E-state index in [1.807, 2.05) is 15.6 Å². The van der Waals surface area contributed by atoms with Crippen LogP contribution in [0.1, 0.15) is 36.5 Å². The third kappa shape index (κ3) is 3.76. The molecule has 1 aliphatic heterocycles. The lowest BCUT2D eigenvalue weighted by Crippen LogP contribution is -2.60. The normalized spacial score (nSPS) is 18.3. The average molecular weight is 376 g/mol. The molecule has 0 unspecified atom stereocenters. The van der Waals surface area contributed by atoms with Gasteiger partial charge in [-0.1, -0.05) is 30.3 Å². The Hall–Kier alpha value is -1.92. The molecule has 1 aliphatic carbocycles. The number of rotatable bonds is 4. The van der Waals surface area contributed by atoms with Gasteiger partial charge in [-0.25, -0.2) is 9.67 Å². The second kappa shape index (κ2) is 7.76. The molecular weight excluding hydrogens is 350 g/mol. The zero-order valence-electron chi connectivity index (χ0n) is 14.9. The van der Waals surface area contributed by atoms with Crippen molar-refractivity contribution >= 4 is 18.3 Å². The number of aryl methyl sites for hydroxylation is 2. The molecular formula is C19H26ClN5O. The number of nitrogens with zero attached hydrogens (tertiary/aromatic N) is 4.